The minimum Gasteiger partial charge on any atom is -0.397 e. The maximum Gasteiger partial charge on any atom is 0.123 e. The second-order valence-corrected chi connectivity index (χ2v) is 4.44. The zero-order chi connectivity index (χ0) is 15.2. The van der Waals surface area contributed by atoms with Crippen LogP contribution in [0.1, 0.15) is 11.3 Å². The van der Waals surface area contributed by atoms with Gasteiger partial charge in [-0.1, -0.05) is 6.07 Å². The van der Waals surface area contributed by atoms with Crippen molar-refractivity contribution in [2.75, 3.05) is 7.05 Å². The number of aliphatic imine (C=N–C) groups is 1. The van der Waals surface area contributed by atoms with E-state index in [1.54, 1.807) is 31.5 Å². The van der Waals surface area contributed by atoms with Crippen molar-refractivity contribution in [3.8, 4) is 11.3 Å². The molecule has 0 atom stereocenters. The lowest BCUT2D eigenvalue weighted by Crippen LogP contribution is -2.08. The van der Waals surface area contributed by atoms with E-state index in [4.69, 9.17) is 11.5 Å². The van der Waals surface area contributed by atoms with Gasteiger partial charge >= 0.3 is 0 Å². The molecular weight excluding hydrogens is 267 g/mol. The Morgan fingerprint density at radius 3 is 2.57 bits per heavy atom. The van der Waals surface area contributed by atoms with E-state index < -0.39 is 0 Å². The van der Waals surface area contributed by atoms with Crippen molar-refractivity contribution in [2.45, 2.75) is 6.54 Å². The molecule has 0 spiro atoms. The molecule has 4 N–H and O–H groups in total. The van der Waals surface area contributed by atoms with Gasteiger partial charge in [0, 0.05) is 25.4 Å². The van der Waals surface area contributed by atoms with Crippen LogP contribution in [-0.2, 0) is 6.54 Å². The minimum atomic E-state index is -0.281. The van der Waals surface area contributed by atoms with E-state index in [9.17, 15) is 4.39 Å². The summed E-state index contributed by atoms with van der Waals surface area (Å²) in [6.45, 7) is 0.337. The van der Waals surface area contributed by atoms with Crippen molar-refractivity contribution in [3.63, 3.8) is 0 Å². The van der Waals surface area contributed by atoms with Gasteiger partial charge in [0.05, 0.1) is 17.1 Å². The van der Waals surface area contributed by atoms with Crippen molar-refractivity contribution < 1.29 is 4.39 Å². The molecule has 1 aromatic carbocycles. The fourth-order valence-corrected chi connectivity index (χ4v) is 1.92. The zero-order valence-corrected chi connectivity index (χ0v) is 11.8. The SMILES string of the molecule is CN=CC=C(N)c1nc(-c2ccc(F)cc2)ccc1CN. The number of rotatable bonds is 4. The summed E-state index contributed by atoms with van der Waals surface area (Å²) in [6.07, 6.45) is 3.28. The fourth-order valence-electron chi connectivity index (χ4n) is 1.92. The Balaban J connectivity index is 2.49. The maximum absolute atomic E-state index is 13.0. The average Bonchev–Trinajstić information content (AvgIpc) is 2.52. The lowest BCUT2D eigenvalue weighted by atomic mass is 10.1. The lowest BCUT2D eigenvalue weighted by Gasteiger charge is -2.10. The topological polar surface area (TPSA) is 77.3 Å². The highest BCUT2D eigenvalue weighted by molar-refractivity contribution is 5.83. The molecule has 4 nitrogen and oxygen atoms in total. The van der Waals surface area contributed by atoms with Crippen molar-refractivity contribution in [1.29, 1.82) is 0 Å². The molecule has 1 heterocycles. The van der Waals surface area contributed by atoms with Crippen LogP contribution in [0.4, 0.5) is 4.39 Å². The van der Waals surface area contributed by atoms with Crippen molar-refractivity contribution >= 4 is 11.9 Å². The van der Waals surface area contributed by atoms with Gasteiger partial charge in [-0.15, -0.1) is 0 Å². The Morgan fingerprint density at radius 1 is 1.24 bits per heavy atom. The van der Waals surface area contributed by atoms with Gasteiger partial charge in [-0.05, 0) is 42.0 Å². The summed E-state index contributed by atoms with van der Waals surface area (Å²) in [6, 6.07) is 9.88. The van der Waals surface area contributed by atoms with E-state index in [0.29, 0.717) is 23.6 Å². The van der Waals surface area contributed by atoms with Crippen LogP contribution >= 0.6 is 0 Å². The summed E-state index contributed by atoms with van der Waals surface area (Å²) < 4.78 is 13.0. The Labute approximate surface area is 123 Å². The Bertz CT molecular complexity index is 675. The number of allylic oxidation sites excluding steroid dienone is 1. The number of nitrogens with two attached hydrogens (primary N) is 2. The quantitative estimate of drug-likeness (QED) is 0.846. The third kappa shape index (κ3) is 3.52. The summed E-state index contributed by atoms with van der Waals surface area (Å²) >= 11 is 0. The molecule has 2 rings (SSSR count). The second-order valence-electron chi connectivity index (χ2n) is 4.44. The molecular formula is C16H17FN4. The van der Waals surface area contributed by atoms with Gasteiger partial charge in [0.1, 0.15) is 5.82 Å². The predicted molar refractivity (Wildman–Crippen MR) is 84.1 cm³/mol. The average molecular weight is 284 g/mol. The van der Waals surface area contributed by atoms with E-state index in [1.807, 2.05) is 12.1 Å². The van der Waals surface area contributed by atoms with Crippen LogP contribution in [0.3, 0.4) is 0 Å². The normalized spacial score (nSPS) is 12.0. The smallest absolute Gasteiger partial charge is 0.123 e. The van der Waals surface area contributed by atoms with E-state index in [1.165, 1.54) is 12.1 Å². The van der Waals surface area contributed by atoms with E-state index >= 15 is 0 Å². The molecule has 2 aromatic rings. The molecule has 1 aromatic heterocycles. The molecule has 0 amide bonds. The molecule has 0 bridgehead atoms. The Morgan fingerprint density at radius 2 is 1.95 bits per heavy atom. The van der Waals surface area contributed by atoms with Crippen LogP contribution in [0.25, 0.3) is 17.0 Å². The first kappa shape index (κ1) is 14.9. The molecule has 0 aliphatic heterocycles. The number of hydrogen-bond donors (Lipinski definition) is 2. The maximum atomic E-state index is 13.0. The molecule has 0 saturated carbocycles. The van der Waals surface area contributed by atoms with E-state index in [0.717, 1.165) is 11.1 Å². The largest absolute Gasteiger partial charge is 0.397 e. The highest BCUT2D eigenvalue weighted by Gasteiger charge is 2.08. The number of nitrogens with zero attached hydrogens (tertiary/aromatic N) is 2. The zero-order valence-electron chi connectivity index (χ0n) is 11.8. The molecule has 0 radical (unpaired) electrons. The van der Waals surface area contributed by atoms with E-state index in [2.05, 4.69) is 9.98 Å². The molecule has 0 aliphatic carbocycles. The van der Waals surface area contributed by atoms with Gasteiger partial charge in [0.2, 0.25) is 0 Å². The molecule has 0 aliphatic rings. The Kier molecular flexibility index (Phi) is 4.79. The van der Waals surface area contributed by atoms with Crippen LogP contribution < -0.4 is 11.5 Å². The summed E-state index contributed by atoms with van der Waals surface area (Å²) in [5.41, 5.74) is 15.2. The number of pyridine rings is 1. The minimum absolute atomic E-state index is 0.281. The summed E-state index contributed by atoms with van der Waals surface area (Å²) in [5.74, 6) is -0.281. The van der Waals surface area contributed by atoms with Crippen molar-refractivity contribution in [1.82, 2.24) is 4.98 Å². The second kappa shape index (κ2) is 6.76. The van der Waals surface area contributed by atoms with Crippen LogP contribution in [0, 0.1) is 5.82 Å². The summed E-state index contributed by atoms with van der Waals surface area (Å²) in [7, 11) is 1.66. The fraction of sp³-hybridized carbons (Fsp3) is 0.125. The first-order valence-corrected chi connectivity index (χ1v) is 6.50. The van der Waals surface area contributed by atoms with Gasteiger partial charge in [-0.3, -0.25) is 4.99 Å². The van der Waals surface area contributed by atoms with Gasteiger partial charge in [-0.25, -0.2) is 9.37 Å². The third-order valence-corrected chi connectivity index (χ3v) is 3.02. The van der Waals surface area contributed by atoms with Gasteiger partial charge in [0.25, 0.3) is 0 Å². The number of benzene rings is 1. The number of aromatic nitrogens is 1. The van der Waals surface area contributed by atoms with Gasteiger partial charge in [-0.2, -0.15) is 0 Å². The number of halogens is 1. The molecule has 5 heteroatoms. The highest BCUT2D eigenvalue weighted by Crippen LogP contribution is 2.21. The number of hydrogen-bond acceptors (Lipinski definition) is 4. The van der Waals surface area contributed by atoms with Crippen LogP contribution in [-0.4, -0.2) is 18.2 Å². The molecule has 21 heavy (non-hydrogen) atoms. The summed E-state index contributed by atoms with van der Waals surface area (Å²) in [4.78, 5) is 8.40. The highest BCUT2D eigenvalue weighted by atomic mass is 19.1. The first-order chi connectivity index (χ1) is 10.2. The standard InChI is InChI=1S/C16H17FN4/c1-20-9-8-14(19)16-12(10-18)4-7-15(21-16)11-2-5-13(17)6-3-11/h2-9H,10,18-19H2,1H3. The van der Waals surface area contributed by atoms with Gasteiger partial charge in [0.15, 0.2) is 0 Å². The molecule has 0 fully saturated rings. The van der Waals surface area contributed by atoms with Crippen LogP contribution in [0.15, 0.2) is 47.5 Å². The van der Waals surface area contributed by atoms with Gasteiger partial charge < -0.3 is 11.5 Å². The van der Waals surface area contributed by atoms with Crippen molar-refractivity contribution in [2.24, 2.45) is 16.5 Å². The summed E-state index contributed by atoms with van der Waals surface area (Å²) in [5, 5.41) is 0. The lowest BCUT2D eigenvalue weighted by molar-refractivity contribution is 0.628. The third-order valence-electron chi connectivity index (χ3n) is 3.02. The van der Waals surface area contributed by atoms with Crippen molar-refractivity contribution in [3.05, 3.63) is 59.5 Å². The molecule has 108 valence electrons. The molecule has 0 saturated heterocycles. The first-order valence-electron chi connectivity index (χ1n) is 6.50. The van der Waals surface area contributed by atoms with E-state index in [-0.39, 0.29) is 5.82 Å². The van der Waals surface area contributed by atoms with Crippen LogP contribution in [0.2, 0.25) is 0 Å². The Hall–Kier alpha value is -2.53. The monoisotopic (exact) mass is 284 g/mol. The van der Waals surface area contributed by atoms with Crippen LogP contribution in [0.5, 0.6) is 0 Å². The molecule has 0 unspecified atom stereocenters. The predicted octanol–water partition coefficient (Wildman–Crippen LogP) is 2.35.